The molecule has 0 bridgehead atoms. The molecular weight excluding hydrogens is 324 g/mol. The first kappa shape index (κ1) is 15.8. The van der Waals surface area contributed by atoms with Crippen molar-refractivity contribution in [2.24, 2.45) is 5.73 Å². The van der Waals surface area contributed by atoms with E-state index in [1.807, 2.05) is 37.3 Å². The molecular formula is C20H18N6. The van der Waals surface area contributed by atoms with Crippen molar-refractivity contribution in [2.45, 2.75) is 6.92 Å². The second-order valence-electron chi connectivity index (χ2n) is 5.90. The van der Waals surface area contributed by atoms with E-state index in [4.69, 9.17) is 5.73 Å². The van der Waals surface area contributed by atoms with Gasteiger partial charge in [0.25, 0.3) is 0 Å². The molecule has 6 heteroatoms. The first-order valence-corrected chi connectivity index (χ1v) is 8.24. The smallest absolute Gasteiger partial charge is 0.159 e. The third kappa shape index (κ3) is 2.67. The molecule has 0 saturated carbocycles. The minimum Gasteiger partial charge on any atom is -0.399 e. The van der Waals surface area contributed by atoms with Crippen molar-refractivity contribution in [2.75, 3.05) is 0 Å². The van der Waals surface area contributed by atoms with Gasteiger partial charge in [-0.25, -0.2) is 4.98 Å². The summed E-state index contributed by atoms with van der Waals surface area (Å²) < 4.78 is 0. The predicted octanol–water partition coefficient (Wildman–Crippen LogP) is 3.93. The molecule has 4 rings (SSSR count). The van der Waals surface area contributed by atoms with Gasteiger partial charge in [0, 0.05) is 17.3 Å². The van der Waals surface area contributed by atoms with Gasteiger partial charge in [0.1, 0.15) is 5.69 Å². The van der Waals surface area contributed by atoms with Crippen molar-refractivity contribution in [3.8, 4) is 11.5 Å². The number of nitrogens with zero attached hydrogens (tertiary/aromatic N) is 3. The molecule has 0 fully saturated rings. The molecule has 3 aromatic heterocycles. The summed E-state index contributed by atoms with van der Waals surface area (Å²) in [6.45, 7) is 5.69. The number of nitrogens with one attached hydrogen (secondary N) is 2. The number of imidazole rings is 1. The maximum absolute atomic E-state index is 5.91. The minimum absolute atomic E-state index is 0.621. The van der Waals surface area contributed by atoms with Crippen LogP contribution in [0.2, 0.25) is 0 Å². The van der Waals surface area contributed by atoms with Crippen molar-refractivity contribution < 1.29 is 0 Å². The first-order valence-electron chi connectivity index (χ1n) is 8.24. The number of hydrogen-bond acceptors (Lipinski definition) is 4. The lowest BCUT2D eigenvalue weighted by Gasteiger charge is -2.04. The molecule has 0 aliphatic heterocycles. The van der Waals surface area contributed by atoms with Crippen LogP contribution in [0, 0.1) is 0 Å². The molecule has 0 saturated heterocycles. The van der Waals surface area contributed by atoms with Gasteiger partial charge in [-0.1, -0.05) is 18.7 Å². The molecule has 0 atom stereocenters. The molecule has 1 aromatic carbocycles. The van der Waals surface area contributed by atoms with Crippen LogP contribution in [0.4, 0.5) is 0 Å². The van der Waals surface area contributed by atoms with Gasteiger partial charge in [-0.3, -0.25) is 10.1 Å². The molecule has 26 heavy (non-hydrogen) atoms. The molecule has 128 valence electrons. The zero-order valence-electron chi connectivity index (χ0n) is 14.3. The standard InChI is InChI=1S/C20H18N6/c1-3-12(9-14(21)4-2)13-5-6-16-15(10-13)19(26-25-16)20-23-17-7-8-22-11-18(17)24-20/h3-11H,2,21H2,1H3,(H,23,24)(H,25,26)/b12-3+,14-9+. The average molecular weight is 342 g/mol. The molecule has 4 aromatic rings. The van der Waals surface area contributed by atoms with E-state index >= 15 is 0 Å². The van der Waals surface area contributed by atoms with Crippen molar-refractivity contribution in [3.63, 3.8) is 0 Å². The normalized spacial score (nSPS) is 12.8. The van der Waals surface area contributed by atoms with Crippen LogP contribution in [-0.2, 0) is 0 Å². The second kappa shape index (κ2) is 6.33. The number of hydrogen-bond donors (Lipinski definition) is 3. The van der Waals surface area contributed by atoms with Crippen molar-refractivity contribution >= 4 is 27.5 Å². The third-order valence-corrected chi connectivity index (χ3v) is 4.27. The van der Waals surface area contributed by atoms with Crippen LogP contribution in [0.5, 0.6) is 0 Å². The van der Waals surface area contributed by atoms with E-state index in [9.17, 15) is 0 Å². The van der Waals surface area contributed by atoms with Crippen LogP contribution in [-0.4, -0.2) is 25.1 Å². The van der Waals surface area contributed by atoms with Gasteiger partial charge >= 0.3 is 0 Å². The number of nitrogens with two attached hydrogens (primary N) is 1. The summed E-state index contributed by atoms with van der Waals surface area (Å²) in [6, 6.07) is 8.00. The molecule has 0 unspecified atom stereocenters. The largest absolute Gasteiger partial charge is 0.399 e. The Kier molecular flexibility index (Phi) is 3.85. The summed E-state index contributed by atoms with van der Waals surface area (Å²) >= 11 is 0. The lowest BCUT2D eigenvalue weighted by Crippen LogP contribution is -1.93. The predicted molar refractivity (Wildman–Crippen MR) is 105 cm³/mol. The van der Waals surface area contributed by atoms with Crippen LogP contribution in [0.1, 0.15) is 12.5 Å². The number of aromatic amines is 2. The van der Waals surface area contributed by atoms with Gasteiger partial charge in [0.2, 0.25) is 0 Å². The zero-order valence-corrected chi connectivity index (χ0v) is 14.3. The number of fused-ring (bicyclic) bond motifs is 2. The van der Waals surface area contributed by atoms with Crippen molar-refractivity contribution in [3.05, 3.63) is 72.7 Å². The lowest BCUT2D eigenvalue weighted by molar-refractivity contribution is 1.11. The Balaban J connectivity index is 1.86. The van der Waals surface area contributed by atoms with Crippen molar-refractivity contribution in [1.82, 2.24) is 25.1 Å². The summed E-state index contributed by atoms with van der Waals surface area (Å²) in [4.78, 5) is 12.0. The number of allylic oxidation sites excluding steroid dienone is 4. The summed E-state index contributed by atoms with van der Waals surface area (Å²) in [5.41, 5.74) is 12.0. The highest BCUT2D eigenvalue weighted by molar-refractivity contribution is 5.95. The van der Waals surface area contributed by atoms with Gasteiger partial charge < -0.3 is 10.7 Å². The SMILES string of the molecule is C=C/C(N)=C\C(=C/C)c1ccc2[nH]nc(-c3nc4ccncc4[nH]3)c2c1. The fourth-order valence-corrected chi connectivity index (χ4v) is 2.91. The Morgan fingerprint density at radius 1 is 1.23 bits per heavy atom. The van der Waals surface area contributed by atoms with E-state index in [1.165, 1.54) is 0 Å². The van der Waals surface area contributed by atoms with Crippen LogP contribution >= 0.6 is 0 Å². The van der Waals surface area contributed by atoms with Crippen molar-refractivity contribution in [1.29, 1.82) is 0 Å². The molecule has 0 aliphatic rings. The maximum Gasteiger partial charge on any atom is 0.159 e. The first-order chi connectivity index (χ1) is 12.7. The van der Waals surface area contributed by atoms with Gasteiger partial charge in [-0.15, -0.1) is 0 Å². The van der Waals surface area contributed by atoms with Gasteiger partial charge in [0.05, 0.1) is 22.7 Å². The van der Waals surface area contributed by atoms with E-state index in [0.29, 0.717) is 11.5 Å². The maximum atomic E-state index is 5.91. The number of pyridine rings is 1. The Morgan fingerprint density at radius 3 is 2.88 bits per heavy atom. The molecule has 3 heterocycles. The number of benzene rings is 1. The summed E-state index contributed by atoms with van der Waals surface area (Å²) in [6.07, 6.45) is 9.04. The van der Waals surface area contributed by atoms with E-state index in [-0.39, 0.29) is 0 Å². The third-order valence-electron chi connectivity index (χ3n) is 4.27. The topological polar surface area (TPSA) is 96.3 Å². The Morgan fingerprint density at radius 2 is 2.12 bits per heavy atom. The molecule has 0 amide bonds. The Bertz CT molecular complexity index is 1140. The lowest BCUT2D eigenvalue weighted by atomic mass is 10.0. The minimum atomic E-state index is 0.621. The van der Waals surface area contributed by atoms with Crippen LogP contribution < -0.4 is 5.73 Å². The Labute approximate surface area is 150 Å². The zero-order chi connectivity index (χ0) is 18.1. The highest BCUT2D eigenvalue weighted by atomic mass is 15.1. The van der Waals surface area contributed by atoms with Crippen LogP contribution in [0.15, 0.2) is 67.2 Å². The van der Waals surface area contributed by atoms with E-state index in [0.717, 1.165) is 38.8 Å². The highest BCUT2D eigenvalue weighted by Gasteiger charge is 2.13. The quantitative estimate of drug-likeness (QED) is 0.490. The number of aromatic nitrogens is 5. The van der Waals surface area contributed by atoms with Crippen LogP contribution in [0.25, 0.3) is 39.0 Å². The molecule has 0 spiro atoms. The summed E-state index contributed by atoms with van der Waals surface area (Å²) in [5.74, 6) is 0.708. The highest BCUT2D eigenvalue weighted by Crippen LogP contribution is 2.29. The van der Waals surface area contributed by atoms with E-state index < -0.39 is 0 Å². The fourth-order valence-electron chi connectivity index (χ4n) is 2.91. The molecule has 0 radical (unpaired) electrons. The summed E-state index contributed by atoms with van der Waals surface area (Å²) in [7, 11) is 0. The van der Waals surface area contributed by atoms with Gasteiger partial charge in [0.15, 0.2) is 5.82 Å². The summed E-state index contributed by atoms with van der Waals surface area (Å²) in [5, 5.41) is 8.50. The number of rotatable bonds is 4. The van der Waals surface area contributed by atoms with E-state index in [1.54, 1.807) is 18.5 Å². The molecule has 0 aliphatic carbocycles. The molecule has 6 nitrogen and oxygen atoms in total. The second-order valence-corrected chi connectivity index (χ2v) is 5.90. The van der Waals surface area contributed by atoms with Gasteiger partial charge in [-0.05, 0) is 48.4 Å². The van der Waals surface area contributed by atoms with Crippen LogP contribution in [0.3, 0.4) is 0 Å². The Hall–Kier alpha value is -3.67. The fraction of sp³-hybridized carbons (Fsp3) is 0.0500. The number of H-pyrrole nitrogens is 2. The molecule has 4 N–H and O–H groups in total. The monoisotopic (exact) mass is 342 g/mol. The van der Waals surface area contributed by atoms with Gasteiger partial charge in [-0.2, -0.15) is 5.10 Å². The van der Waals surface area contributed by atoms with E-state index in [2.05, 4.69) is 37.8 Å². The average Bonchev–Trinajstić information content (AvgIpc) is 3.28.